The molecule has 0 saturated heterocycles. The van der Waals surface area contributed by atoms with Crippen molar-refractivity contribution in [2.75, 3.05) is 17.2 Å². The quantitative estimate of drug-likeness (QED) is 0.468. The lowest BCUT2D eigenvalue weighted by atomic mass is 10.2. The molecule has 3 aromatic carbocycles. The minimum absolute atomic E-state index is 0.152. The van der Waals surface area contributed by atoms with Gasteiger partial charge in [-0.25, -0.2) is 0 Å². The highest BCUT2D eigenvalue weighted by Crippen LogP contribution is 2.28. The predicted octanol–water partition coefficient (Wildman–Crippen LogP) is 5.48. The van der Waals surface area contributed by atoms with Crippen LogP contribution in [0.4, 0.5) is 11.4 Å². The Morgan fingerprint density at radius 2 is 1.57 bits per heavy atom. The summed E-state index contributed by atoms with van der Waals surface area (Å²) in [5.41, 5.74) is 1.66. The molecule has 5 nitrogen and oxygen atoms in total. The van der Waals surface area contributed by atoms with Gasteiger partial charge in [-0.05, 0) is 64.5 Å². The molecule has 2 amide bonds. The molecular formula is C21H16Br2N2O3. The molecule has 0 aliphatic rings. The molecule has 0 aromatic heterocycles. The number of nitrogens with one attached hydrogen (secondary N) is 2. The molecule has 0 unspecified atom stereocenters. The number of carbonyl (C=O) groups excluding carboxylic acids is 2. The van der Waals surface area contributed by atoms with Crippen molar-refractivity contribution in [3.63, 3.8) is 0 Å². The standard InChI is InChI=1S/C21H16Br2N2O3/c22-15-9-10-19(18(23)12-15)28-13-20(26)24-17-8-4-5-14(11-17)21(27)25-16-6-2-1-3-7-16/h1-12H,13H2,(H,24,26)(H,25,27). The normalized spacial score (nSPS) is 10.2. The average molecular weight is 504 g/mol. The summed E-state index contributed by atoms with van der Waals surface area (Å²) in [4.78, 5) is 24.5. The van der Waals surface area contributed by atoms with Crippen LogP contribution in [0.15, 0.2) is 81.7 Å². The SMILES string of the molecule is O=C(COc1ccc(Br)cc1Br)Nc1cccc(C(=O)Nc2ccccc2)c1. The molecule has 0 aliphatic heterocycles. The Labute approximate surface area is 179 Å². The molecule has 3 rings (SSSR count). The highest BCUT2D eigenvalue weighted by atomic mass is 79.9. The van der Waals surface area contributed by atoms with Crippen molar-refractivity contribution in [3.8, 4) is 5.75 Å². The van der Waals surface area contributed by atoms with E-state index in [2.05, 4.69) is 42.5 Å². The van der Waals surface area contributed by atoms with E-state index in [0.717, 1.165) is 8.95 Å². The van der Waals surface area contributed by atoms with Crippen molar-refractivity contribution in [3.05, 3.63) is 87.3 Å². The molecule has 0 aliphatic carbocycles. The number of amides is 2. The summed E-state index contributed by atoms with van der Waals surface area (Å²) in [5.74, 6) is -0.0119. The third-order valence-corrected chi connectivity index (χ3v) is 4.81. The van der Waals surface area contributed by atoms with E-state index >= 15 is 0 Å². The topological polar surface area (TPSA) is 67.4 Å². The van der Waals surface area contributed by atoms with Gasteiger partial charge in [-0.15, -0.1) is 0 Å². The number of benzene rings is 3. The fraction of sp³-hybridized carbons (Fsp3) is 0.0476. The lowest BCUT2D eigenvalue weighted by molar-refractivity contribution is -0.118. The summed E-state index contributed by atoms with van der Waals surface area (Å²) in [6.07, 6.45) is 0. The van der Waals surface area contributed by atoms with Crippen LogP contribution in [0.3, 0.4) is 0 Å². The Balaban J connectivity index is 1.59. The second-order valence-electron chi connectivity index (χ2n) is 5.81. The predicted molar refractivity (Wildman–Crippen MR) is 117 cm³/mol. The Kier molecular flexibility index (Phi) is 6.84. The van der Waals surface area contributed by atoms with Gasteiger partial charge in [0, 0.05) is 21.4 Å². The van der Waals surface area contributed by atoms with E-state index in [1.165, 1.54) is 0 Å². The van der Waals surface area contributed by atoms with Crippen molar-refractivity contribution >= 4 is 55.0 Å². The van der Waals surface area contributed by atoms with Gasteiger partial charge in [-0.3, -0.25) is 9.59 Å². The molecule has 28 heavy (non-hydrogen) atoms. The first kappa shape index (κ1) is 20.1. The first-order valence-electron chi connectivity index (χ1n) is 8.35. The number of anilines is 2. The molecule has 2 N–H and O–H groups in total. The molecule has 7 heteroatoms. The Hall–Kier alpha value is -2.64. The zero-order valence-electron chi connectivity index (χ0n) is 14.6. The smallest absolute Gasteiger partial charge is 0.262 e. The maximum atomic E-state index is 12.4. The molecule has 0 heterocycles. The second-order valence-corrected chi connectivity index (χ2v) is 7.58. The molecule has 0 atom stereocenters. The molecular weight excluding hydrogens is 488 g/mol. The van der Waals surface area contributed by atoms with Gasteiger partial charge in [0.25, 0.3) is 11.8 Å². The highest BCUT2D eigenvalue weighted by Gasteiger charge is 2.10. The summed E-state index contributed by atoms with van der Waals surface area (Å²) in [7, 11) is 0. The Morgan fingerprint density at radius 1 is 0.821 bits per heavy atom. The van der Waals surface area contributed by atoms with E-state index in [-0.39, 0.29) is 18.4 Å². The van der Waals surface area contributed by atoms with Gasteiger partial charge >= 0.3 is 0 Å². The molecule has 0 spiro atoms. The van der Waals surface area contributed by atoms with Crippen molar-refractivity contribution in [1.29, 1.82) is 0 Å². The minimum Gasteiger partial charge on any atom is -0.483 e. The summed E-state index contributed by atoms with van der Waals surface area (Å²) in [5, 5.41) is 5.54. The Morgan fingerprint density at radius 3 is 2.32 bits per heavy atom. The van der Waals surface area contributed by atoms with Crippen LogP contribution in [0.5, 0.6) is 5.75 Å². The molecule has 142 valence electrons. The van der Waals surface area contributed by atoms with E-state index < -0.39 is 0 Å². The van der Waals surface area contributed by atoms with E-state index in [1.807, 2.05) is 30.3 Å². The number of halogens is 2. The molecule has 0 bridgehead atoms. The number of hydrogen-bond donors (Lipinski definition) is 2. The van der Waals surface area contributed by atoms with Crippen LogP contribution in [0.2, 0.25) is 0 Å². The number of rotatable bonds is 6. The van der Waals surface area contributed by atoms with E-state index in [9.17, 15) is 9.59 Å². The number of para-hydroxylation sites is 1. The van der Waals surface area contributed by atoms with Crippen molar-refractivity contribution in [2.24, 2.45) is 0 Å². The monoisotopic (exact) mass is 502 g/mol. The van der Waals surface area contributed by atoms with Crippen LogP contribution >= 0.6 is 31.9 Å². The van der Waals surface area contributed by atoms with Gasteiger partial charge in [0.2, 0.25) is 0 Å². The van der Waals surface area contributed by atoms with Crippen LogP contribution in [-0.4, -0.2) is 18.4 Å². The fourth-order valence-corrected chi connectivity index (χ4v) is 3.56. The van der Waals surface area contributed by atoms with E-state index in [4.69, 9.17) is 4.74 Å². The van der Waals surface area contributed by atoms with Crippen LogP contribution < -0.4 is 15.4 Å². The lowest BCUT2D eigenvalue weighted by Crippen LogP contribution is -2.20. The summed E-state index contributed by atoms with van der Waals surface area (Å²) in [6, 6.07) is 21.3. The zero-order chi connectivity index (χ0) is 19.9. The summed E-state index contributed by atoms with van der Waals surface area (Å²) < 4.78 is 7.17. The lowest BCUT2D eigenvalue weighted by Gasteiger charge is -2.10. The second kappa shape index (κ2) is 9.52. The maximum absolute atomic E-state index is 12.4. The number of ether oxygens (including phenoxy) is 1. The third-order valence-electron chi connectivity index (χ3n) is 3.69. The largest absolute Gasteiger partial charge is 0.483 e. The van der Waals surface area contributed by atoms with Crippen molar-refractivity contribution < 1.29 is 14.3 Å². The van der Waals surface area contributed by atoms with Crippen molar-refractivity contribution in [1.82, 2.24) is 0 Å². The van der Waals surface area contributed by atoms with Crippen LogP contribution in [0.25, 0.3) is 0 Å². The molecule has 3 aromatic rings. The minimum atomic E-state index is -0.324. The fourth-order valence-electron chi connectivity index (χ4n) is 2.40. The van der Waals surface area contributed by atoms with Gasteiger partial charge in [-0.2, -0.15) is 0 Å². The van der Waals surface area contributed by atoms with Crippen molar-refractivity contribution in [2.45, 2.75) is 0 Å². The molecule has 0 radical (unpaired) electrons. The third kappa shape index (κ3) is 5.68. The van der Waals surface area contributed by atoms with Gasteiger partial charge in [-0.1, -0.05) is 40.2 Å². The summed E-state index contributed by atoms with van der Waals surface area (Å²) >= 11 is 6.75. The van der Waals surface area contributed by atoms with Gasteiger partial charge in [0.05, 0.1) is 4.47 Å². The van der Waals surface area contributed by atoms with Gasteiger partial charge in [0.15, 0.2) is 6.61 Å². The van der Waals surface area contributed by atoms with Gasteiger partial charge in [0.1, 0.15) is 5.75 Å². The van der Waals surface area contributed by atoms with Gasteiger partial charge < -0.3 is 15.4 Å². The Bertz CT molecular complexity index is 994. The van der Waals surface area contributed by atoms with Crippen LogP contribution in [0, 0.1) is 0 Å². The highest BCUT2D eigenvalue weighted by molar-refractivity contribution is 9.11. The molecule has 0 saturated carbocycles. The van der Waals surface area contributed by atoms with Crippen LogP contribution in [-0.2, 0) is 4.79 Å². The number of carbonyl (C=O) groups is 2. The molecule has 0 fully saturated rings. The average Bonchev–Trinajstić information content (AvgIpc) is 2.68. The van der Waals surface area contributed by atoms with Crippen LogP contribution in [0.1, 0.15) is 10.4 Å². The van der Waals surface area contributed by atoms with E-state index in [1.54, 1.807) is 42.5 Å². The summed E-state index contributed by atoms with van der Waals surface area (Å²) in [6.45, 7) is -0.152. The maximum Gasteiger partial charge on any atom is 0.262 e. The first-order chi connectivity index (χ1) is 13.5. The van der Waals surface area contributed by atoms with E-state index in [0.29, 0.717) is 22.7 Å². The number of hydrogen-bond acceptors (Lipinski definition) is 3. The first-order valence-corrected chi connectivity index (χ1v) is 9.94. The zero-order valence-corrected chi connectivity index (χ0v) is 17.8.